The Morgan fingerprint density at radius 2 is 1.57 bits per heavy atom. The van der Waals surface area contributed by atoms with Gasteiger partial charge in [-0.15, -0.1) is 0 Å². The number of carboxylic acids is 1. The number of methoxy groups -OCH3 is 2. The van der Waals surface area contributed by atoms with Gasteiger partial charge in [0.25, 0.3) is 0 Å². The predicted octanol–water partition coefficient (Wildman–Crippen LogP) is 5.96. The molecule has 0 fully saturated rings. The average molecular weight is 491 g/mol. The summed E-state index contributed by atoms with van der Waals surface area (Å²) in [6.45, 7) is 3.91. The number of furan rings is 1. The Kier molecular flexibility index (Phi) is 7.41. The van der Waals surface area contributed by atoms with Crippen LogP contribution in [-0.4, -0.2) is 35.3 Å². The van der Waals surface area contributed by atoms with Crippen LogP contribution in [0.3, 0.4) is 0 Å². The average Bonchev–Trinajstić information content (AvgIpc) is 3.26. The topological polar surface area (TPSA) is 94.7 Å². The van der Waals surface area contributed by atoms with Crippen molar-refractivity contribution in [1.29, 1.82) is 0 Å². The van der Waals surface area contributed by atoms with E-state index in [4.69, 9.17) is 19.0 Å². The Bertz CT molecular complexity index is 1330. The lowest BCUT2D eigenvalue weighted by Crippen LogP contribution is -1.99. The Hall–Kier alpha value is -3.78. The smallest absolute Gasteiger partial charge is 0.307 e. The summed E-state index contributed by atoms with van der Waals surface area (Å²) in [6, 6.07) is 17.0. The van der Waals surface area contributed by atoms with E-state index >= 15 is 0 Å². The van der Waals surface area contributed by atoms with Crippen molar-refractivity contribution in [2.45, 2.75) is 31.2 Å². The molecule has 0 aliphatic rings. The van der Waals surface area contributed by atoms with Crippen LogP contribution in [0.1, 0.15) is 22.5 Å². The number of hydrogen-bond acceptors (Lipinski definition) is 7. The number of nitrogens with zero attached hydrogens (tertiary/aromatic N) is 2. The molecular weight excluding hydrogens is 464 g/mol. The highest BCUT2D eigenvalue weighted by molar-refractivity contribution is 7.98. The molecule has 0 bridgehead atoms. The number of carboxylic acid groups (broad SMARTS) is 1. The molecule has 7 nitrogen and oxygen atoms in total. The largest absolute Gasteiger partial charge is 0.493 e. The van der Waals surface area contributed by atoms with Gasteiger partial charge in [-0.2, -0.15) is 0 Å². The first kappa shape index (κ1) is 24.3. The van der Waals surface area contributed by atoms with E-state index in [0.29, 0.717) is 33.9 Å². The Morgan fingerprint density at radius 3 is 2.20 bits per heavy atom. The fourth-order valence-electron chi connectivity index (χ4n) is 3.76. The molecule has 8 heteroatoms. The summed E-state index contributed by atoms with van der Waals surface area (Å²) in [5.74, 6) is 2.39. The lowest BCUT2D eigenvalue weighted by atomic mass is 10.1. The van der Waals surface area contributed by atoms with Crippen LogP contribution in [0, 0.1) is 13.8 Å². The molecule has 35 heavy (non-hydrogen) atoms. The summed E-state index contributed by atoms with van der Waals surface area (Å²) in [4.78, 5) is 20.1. The summed E-state index contributed by atoms with van der Waals surface area (Å²) in [7, 11) is 3.20. The number of benzene rings is 2. The van der Waals surface area contributed by atoms with E-state index in [1.54, 1.807) is 14.2 Å². The van der Waals surface area contributed by atoms with Crippen LogP contribution in [0.15, 0.2) is 64.2 Å². The van der Waals surface area contributed by atoms with Crippen molar-refractivity contribution in [1.82, 2.24) is 9.97 Å². The van der Waals surface area contributed by atoms with Gasteiger partial charge in [0.05, 0.1) is 20.6 Å². The monoisotopic (exact) mass is 490 g/mol. The van der Waals surface area contributed by atoms with Gasteiger partial charge in [0.2, 0.25) is 0 Å². The van der Waals surface area contributed by atoms with Gasteiger partial charge < -0.3 is 19.0 Å². The van der Waals surface area contributed by atoms with E-state index in [1.807, 2.05) is 68.4 Å². The first-order valence-electron chi connectivity index (χ1n) is 11.0. The van der Waals surface area contributed by atoms with Crippen molar-refractivity contribution in [3.05, 3.63) is 77.1 Å². The number of hydrogen-bond donors (Lipinski definition) is 1. The molecule has 180 valence electrons. The Morgan fingerprint density at radius 1 is 0.914 bits per heavy atom. The molecule has 0 amide bonds. The number of aromatic nitrogens is 2. The van der Waals surface area contributed by atoms with Crippen LogP contribution in [0.25, 0.3) is 22.6 Å². The summed E-state index contributed by atoms with van der Waals surface area (Å²) in [5.41, 5.74) is 5.27. The lowest BCUT2D eigenvalue weighted by molar-refractivity contribution is -0.136. The minimum Gasteiger partial charge on any atom is -0.493 e. The number of thioether (sulfide) groups is 1. The molecule has 0 spiro atoms. The molecular formula is C27H26N2O5S. The summed E-state index contributed by atoms with van der Waals surface area (Å²) in [6.07, 6.45) is -0.0257. The number of ether oxygens (including phenoxy) is 2. The molecule has 0 aliphatic heterocycles. The third kappa shape index (κ3) is 5.84. The quantitative estimate of drug-likeness (QED) is 0.227. The first-order chi connectivity index (χ1) is 16.9. The Balaban J connectivity index is 1.71. The van der Waals surface area contributed by atoms with E-state index in [-0.39, 0.29) is 6.42 Å². The number of carbonyl (C=O) groups is 1. The van der Waals surface area contributed by atoms with Gasteiger partial charge in [-0.25, -0.2) is 9.97 Å². The standard InChI is InChI=1S/C27H26N2O5S/c1-16-11-17(2)29-27(28-16)35-15-21-14-23(20-9-10-22(32-3)24(13-20)33-4)34-26(21)19-7-5-18(6-8-19)12-25(30)31/h5-11,13-14H,12,15H2,1-4H3,(H,30,31). The van der Waals surface area contributed by atoms with Crippen molar-refractivity contribution in [2.24, 2.45) is 0 Å². The lowest BCUT2D eigenvalue weighted by Gasteiger charge is -2.08. The second-order valence-electron chi connectivity index (χ2n) is 8.02. The summed E-state index contributed by atoms with van der Waals surface area (Å²) >= 11 is 1.54. The van der Waals surface area contributed by atoms with Crippen molar-refractivity contribution in [3.63, 3.8) is 0 Å². The molecule has 2 heterocycles. The van der Waals surface area contributed by atoms with Crippen molar-refractivity contribution >= 4 is 17.7 Å². The SMILES string of the molecule is COc1ccc(-c2cc(CSc3nc(C)cc(C)n3)c(-c3ccc(CC(=O)O)cc3)o2)cc1OC. The molecule has 0 saturated heterocycles. The molecule has 0 atom stereocenters. The summed E-state index contributed by atoms with van der Waals surface area (Å²) in [5, 5.41) is 9.78. The third-order valence-corrected chi connectivity index (χ3v) is 6.26. The van der Waals surface area contributed by atoms with Crippen LogP contribution in [-0.2, 0) is 17.0 Å². The van der Waals surface area contributed by atoms with E-state index in [0.717, 1.165) is 33.6 Å². The van der Waals surface area contributed by atoms with Crippen molar-refractivity contribution in [3.8, 4) is 34.1 Å². The number of aryl methyl sites for hydroxylation is 2. The minimum atomic E-state index is -0.864. The van der Waals surface area contributed by atoms with Gasteiger partial charge in [0.1, 0.15) is 11.5 Å². The molecule has 1 N–H and O–H groups in total. The molecule has 4 aromatic rings. The van der Waals surface area contributed by atoms with Crippen LogP contribution < -0.4 is 9.47 Å². The second kappa shape index (κ2) is 10.7. The van der Waals surface area contributed by atoms with Crippen LogP contribution >= 0.6 is 11.8 Å². The van der Waals surface area contributed by atoms with E-state index in [1.165, 1.54) is 11.8 Å². The van der Waals surface area contributed by atoms with Gasteiger partial charge in [-0.3, -0.25) is 4.79 Å². The maximum absolute atomic E-state index is 11.1. The Labute approximate surface area is 208 Å². The highest BCUT2D eigenvalue weighted by Crippen LogP contribution is 2.38. The van der Waals surface area contributed by atoms with E-state index in [9.17, 15) is 4.79 Å². The van der Waals surface area contributed by atoms with Gasteiger partial charge in [-0.05, 0) is 49.7 Å². The zero-order valence-electron chi connectivity index (χ0n) is 20.0. The van der Waals surface area contributed by atoms with Crippen LogP contribution in [0.5, 0.6) is 11.5 Å². The number of rotatable bonds is 9. The number of aliphatic carboxylic acids is 1. The van der Waals surface area contributed by atoms with Gasteiger partial charge in [-0.1, -0.05) is 36.0 Å². The normalized spacial score (nSPS) is 10.9. The third-order valence-electron chi connectivity index (χ3n) is 5.37. The molecule has 0 saturated carbocycles. The zero-order valence-corrected chi connectivity index (χ0v) is 20.8. The van der Waals surface area contributed by atoms with Crippen molar-refractivity contribution in [2.75, 3.05) is 14.2 Å². The second-order valence-corrected chi connectivity index (χ2v) is 8.97. The first-order valence-corrected chi connectivity index (χ1v) is 12.0. The maximum atomic E-state index is 11.1. The highest BCUT2D eigenvalue weighted by atomic mass is 32.2. The van der Waals surface area contributed by atoms with Gasteiger partial charge in [0, 0.05) is 33.8 Å². The molecule has 4 rings (SSSR count). The van der Waals surface area contributed by atoms with Gasteiger partial charge >= 0.3 is 5.97 Å². The molecule has 2 aromatic heterocycles. The van der Waals surface area contributed by atoms with Crippen molar-refractivity contribution < 1.29 is 23.8 Å². The minimum absolute atomic E-state index is 0.0257. The molecule has 2 aromatic carbocycles. The van der Waals surface area contributed by atoms with Gasteiger partial charge in [0.15, 0.2) is 16.7 Å². The fourth-order valence-corrected chi connectivity index (χ4v) is 4.68. The molecule has 0 unspecified atom stereocenters. The predicted molar refractivity (Wildman–Crippen MR) is 135 cm³/mol. The summed E-state index contributed by atoms with van der Waals surface area (Å²) < 4.78 is 17.2. The van der Waals surface area contributed by atoms with Crippen LogP contribution in [0.4, 0.5) is 0 Å². The van der Waals surface area contributed by atoms with E-state index < -0.39 is 5.97 Å². The fraction of sp³-hybridized carbons (Fsp3) is 0.222. The van der Waals surface area contributed by atoms with Crippen LogP contribution in [0.2, 0.25) is 0 Å². The zero-order chi connectivity index (χ0) is 24.9. The molecule has 0 radical (unpaired) electrons. The highest BCUT2D eigenvalue weighted by Gasteiger charge is 2.17. The molecule has 0 aliphatic carbocycles. The maximum Gasteiger partial charge on any atom is 0.307 e. The van der Waals surface area contributed by atoms with E-state index in [2.05, 4.69) is 9.97 Å².